The van der Waals surface area contributed by atoms with Crippen molar-refractivity contribution in [3.05, 3.63) is 85.9 Å². The van der Waals surface area contributed by atoms with Crippen molar-refractivity contribution in [2.75, 3.05) is 26.2 Å². The SMILES string of the molecule is COC(=O)c1ccc(Cl)c(C2(Cl)C(=O)N(Cc3ccc(OC)cc3OC)c3c(Cl)cc(Cl)cc32)c1. The van der Waals surface area contributed by atoms with Gasteiger partial charge in [0.2, 0.25) is 0 Å². The fourth-order valence-electron chi connectivity index (χ4n) is 4.10. The molecule has 1 atom stereocenters. The van der Waals surface area contributed by atoms with Crippen molar-refractivity contribution in [1.29, 1.82) is 0 Å². The summed E-state index contributed by atoms with van der Waals surface area (Å²) in [6, 6.07) is 12.8. The van der Waals surface area contributed by atoms with Gasteiger partial charge >= 0.3 is 5.97 Å². The topological polar surface area (TPSA) is 65.1 Å². The molecular weight excluding hydrogens is 536 g/mol. The highest BCUT2D eigenvalue weighted by molar-refractivity contribution is 6.46. The number of hydrogen-bond donors (Lipinski definition) is 0. The fourth-order valence-corrected chi connectivity index (χ4v) is 5.41. The van der Waals surface area contributed by atoms with E-state index in [1.165, 1.54) is 43.4 Å². The van der Waals surface area contributed by atoms with Gasteiger partial charge in [-0.05, 0) is 42.5 Å². The molecule has 35 heavy (non-hydrogen) atoms. The van der Waals surface area contributed by atoms with E-state index < -0.39 is 16.8 Å². The van der Waals surface area contributed by atoms with E-state index in [-0.39, 0.29) is 32.7 Å². The molecule has 0 saturated heterocycles. The molecule has 0 spiro atoms. The van der Waals surface area contributed by atoms with Gasteiger partial charge in [0, 0.05) is 32.8 Å². The first-order valence-electron chi connectivity index (χ1n) is 10.2. The van der Waals surface area contributed by atoms with Gasteiger partial charge in [0.15, 0.2) is 4.87 Å². The van der Waals surface area contributed by atoms with Crippen molar-refractivity contribution in [2.24, 2.45) is 0 Å². The summed E-state index contributed by atoms with van der Waals surface area (Å²) < 4.78 is 15.6. The van der Waals surface area contributed by atoms with Crippen LogP contribution in [0.1, 0.15) is 27.0 Å². The van der Waals surface area contributed by atoms with Gasteiger partial charge in [0.05, 0.1) is 44.1 Å². The monoisotopic (exact) mass is 553 g/mol. The molecule has 0 bridgehead atoms. The number of hydrogen-bond acceptors (Lipinski definition) is 5. The van der Waals surface area contributed by atoms with Crippen molar-refractivity contribution in [3.63, 3.8) is 0 Å². The lowest BCUT2D eigenvalue weighted by atomic mass is 9.90. The average molecular weight is 555 g/mol. The summed E-state index contributed by atoms with van der Waals surface area (Å²) in [6.07, 6.45) is 0. The highest BCUT2D eigenvalue weighted by atomic mass is 35.5. The molecule has 0 saturated carbocycles. The van der Waals surface area contributed by atoms with Crippen LogP contribution in [0, 0.1) is 0 Å². The Labute approximate surface area is 222 Å². The van der Waals surface area contributed by atoms with Crippen LogP contribution in [-0.4, -0.2) is 33.2 Å². The van der Waals surface area contributed by atoms with Gasteiger partial charge in [-0.15, -0.1) is 0 Å². The van der Waals surface area contributed by atoms with Gasteiger partial charge in [-0.1, -0.05) is 46.4 Å². The van der Waals surface area contributed by atoms with Crippen LogP contribution in [0.25, 0.3) is 0 Å². The van der Waals surface area contributed by atoms with Gasteiger partial charge in [0.25, 0.3) is 5.91 Å². The Balaban J connectivity index is 1.91. The minimum absolute atomic E-state index is 0.0864. The second-order valence-corrected chi connectivity index (χ2v) is 9.52. The lowest BCUT2D eigenvalue weighted by Gasteiger charge is -2.25. The van der Waals surface area contributed by atoms with Crippen LogP contribution in [0.4, 0.5) is 5.69 Å². The zero-order valence-corrected chi connectivity index (χ0v) is 21.8. The highest BCUT2D eigenvalue weighted by Crippen LogP contribution is 2.54. The van der Waals surface area contributed by atoms with Crippen LogP contribution in [-0.2, 0) is 21.0 Å². The highest BCUT2D eigenvalue weighted by Gasteiger charge is 2.53. The lowest BCUT2D eigenvalue weighted by Crippen LogP contribution is -2.37. The summed E-state index contributed by atoms with van der Waals surface area (Å²) in [5, 5.41) is 0.707. The summed E-state index contributed by atoms with van der Waals surface area (Å²) in [7, 11) is 4.33. The number of carbonyl (C=O) groups is 2. The van der Waals surface area contributed by atoms with E-state index in [0.29, 0.717) is 28.3 Å². The van der Waals surface area contributed by atoms with Crippen molar-refractivity contribution >= 4 is 64.0 Å². The number of alkyl halides is 1. The molecule has 0 aromatic heterocycles. The van der Waals surface area contributed by atoms with Crippen LogP contribution >= 0.6 is 46.4 Å². The van der Waals surface area contributed by atoms with E-state index in [2.05, 4.69) is 0 Å². The zero-order valence-electron chi connectivity index (χ0n) is 18.8. The van der Waals surface area contributed by atoms with E-state index in [1.54, 1.807) is 31.4 Å². The molecule has 182 valence electrons. The molecule has 6 nitrogen and oxygen atoms in total. The number of carbonyl (C=O) groups excluding carboxylic acids is 2. The summed E-state index contributed by atoms with van der Waals surface area (Å²) in [4.78, 5) is 25.9. The fraction of sp³-hybridized carbons (Fsp3) is 0.200. The molecule has 3 aromatic rings. The van der Waals surface area contributed by atoms with Crippen LogP contribution in [0.2, 0.25) is 15.1 Å². The van der Waals surface area contributed by atoms with Gasteiger partial charge in [-0.2, -0.15) is 0 Å². The van der Waals surface area contributed by atoms with Gasteiger partial charge in [0.1, 0.15) is 11.5 Å². The maximum absolute atomic E-state index is 14.0. The molecule has 1 unspecified atom stereocenters. The third-order valence-electron chi connectivity index (χ3n) is 5.79. The first-order chi connectivity index (χ1) is 16.6. The first kappa shape index (κ1) is 25.5. The number of nitrogens with zero attached hydrogens (tertiary/aromatic N) is 1. The largest absolute Gasteiger partial charge is 0.497 e. The van der Waals surface area contributed by atoms with Crippen molar-refractivity contribution in [1.82, 2.24) is 0 Å². The van der Waals surface area contributed by atoms with Gasteiger partial charge in [-0.25, -0.2) is 4.79 Å². The van der Waals surface area contributed by atoms with Crippen molar-refractivity contribution in [2.45, 2.75) is 11.4 Å². The Hall–Kier alpha value is -2.64. The summed E-state index contributed by atoms with van der Waals surface area (Å²) in [5.74, 6) is 0.00108. The number of fused-ring (bicyclic) bond motifs is 1. The van der Waals surface area contributed by atoms with Crippen LogP contribution < -0.4 is 14.4 Å². The zero-order chi connectivity index (χ0) is 25.5. The standard InChI is InChI=1S/C25H19Cl4NO5/c1-33-16-6-4-14(21(11-16)34-2)12-30-22-18(9-15(26)10-20(22)28)25(29,24(30)32)17-8-13(23(31)35-3)5-7-19(17)27/h4-11H,12H2,1-3H3. The van der Waals surface area contributed by atoms with E-state index in [1.807, 2.05) is 0 Å². The second kappa shape index (κ2) is 9.78. The molecule has 0 radical (unpaired) electrons. The first-order valence-corrected chi connectivity index (χ1v) is 11.8. The third kappa shape index (κ3) is 4.29. The summed E-state index contributed by atoms with van der Waals surface area (Å²) in [5.41, 5.74) is 1.81. The molecule has 4 rings (SSSR count). The summed E-state index contributed by atoms with van der Waals surface area (Å²) in [6.45, 7) is 0.0864. The molecule has 1 heterocycles. The van der Waals surface area contributed by atoms with Gasteiger partial charge in [-0.3, -0.25) is 4.79 Å². The van der Waals surface area contributed by atoms with Crippen LogP contribution in [0.5, 0.6) is 11.5 Å². The number of halogens is 4. The number of ether oxygens (including phenoxy) is 3. The quantitative estimate of drug-likeness (QED) is 0.258. The van der Waals surface area contributed by atoms with E-state index in [4.69, 9.17) is 60.6 Å². The van der Waals surface area contributed by atoms with Crippen molar-refractivity contribution < 1.29 is 23.8 Å². The maximum atomic E-state index is 14.0. The molecule has 0 N–H and O–H groups in total. The third-order valence-corrected chi connectivity index (χ3v) is 7.20. The molecule has 1 aliphatic heterocycles. The number of benzene rings is 3. The molecular formula is C25H19Cl4NO5. The molecule has 3 aromatic carbocycles. The number of methoxy groups -OCH3 is 3. The number of rotatable bonds is 6. The Morgan fingerprint density at radius 2 is 1.66 bits per heavy atom. The van der Waals surface area contributed by atoms with Crippen LogP contribution in [0.3, 0.4) is 0 Å². The Morgan fingerprint density at radius 3 is 2.31 bits per heavy atom. The Kier molecular flexibility index (Phi) is 7.11. The molecule has 10 heteroatoms. The van der Waals surface area contributed by atoms with Gasteiger partial charge < -0.3 is 19.1 Å². The average Bonchev–Trinajstić information content (AvgIpc) is 3.06. The minimum Gasteiger partial charge on any atom is -0.497 e. The maximum Gasteiger partial charge on any atom is 0.337 e. The number of amides is 1. The Morgan fingerprint density at radius 1 is 0.914 bits per heavy atom. The van der Waals surface area contributed by atoms with E-state index in [0.717, 1.165) is 0 Å². The molecule has 1 amide bonds. The Bertz CT molecular complexity index is 1350. The summed E-state index contributed by atoms with van der Waals surface area (Å²) >= 11 is 26.5. The van der Waals surface area contributed by atoms with E-state index >= 15 is 0 Å². The number of esters is 1. The smallest absolute Gasteiger partial charge is 0.337 e. The van der Waals surface area contributed by atoms with E-state index in [9.17, 15) is 9.59 Å². The second-order valence-electron chi connectivity index (χ2n) is 7.70. The predicted molar refractivity (Wildman–Crippen MR) is 137 cm³/mol. The van der Waals surface area contributed by atoms with Crippen molar-refractivity contribution in [3.8, 4) is 11.5 Å². The predicted octanol–water partition coefficient (Wildman–Crippen LogP) is 6.48. The van der Waals surface area contributed by atoms with Crippen LogP contribution in [0.15, 0.2) is 48.5 Å². The lowest BCUT2D eigenvalue weighted by molar-refractivity contribution is -0.119. The molecule has 0 aliphatic carbocycles. The minimum atomic E-state index is -1.80. The molecule has 0 fully saturated rings. The normalized spacial score (nSPS) is 16.8. The molecule has 1 aliphatic rings. The number of anilines is 1.